The summed E-state index contributed by atoms with van der Waals surface area (Å²) in [7, 11) is 0. The van der Waals surface area contributed by atoms with Crippen molar-refractivity contribution in [3.05, 3.63) is 54.4 Å². The van der Waals surface area contributed by atoms with E-state index in [-0.39, 0.29) is 11.8 Å². The van der Waals surface area contributed by atoms with Crippen molar-refractivity contribution in [1.82, 2.24) is 14.9 Å². The SMILES string of the molecule is O=C(Nc1ccc(OF)cc1)N1CCC(c2nc3ccccc3[nH]2)CC1. The fourth-order valence-electron chi connectivity index (χ4n) is 3.31. The smallest absolute Gasteiger partial charge is 0.321 e. The summed E-state index contributed by atoms with van der Waals surface area (Å²) < 4.78 is 12.1. The highest BCUT2D eigenvalue weighted by molar-refractivity contribution is 5.89. The number of likely N-dealkylation sites (tertiary alicyclic amines) is 1. The Bertz CT molecular complexity index is 868. The lowest BCUT2D eigenvalue weighted by atomic mass is 9.96. The van der Waals surface area contributed by atoms with Crippen LogP contribution in [0, 0.1) is 0 Å². The van der Waals surface area contributed by atoms with Gasteiger partial charge < -0.3 is 15.2 Å². The number of hydrogen-bond acceptors (Lipinski definition) is 3. The molecule has 1 saturated heterocycles. The van der Waals surface area contributed by atoms with Crippen molar-refractivity contribution < 1.29 is 14.3 Å². The number of nitrogens with one attached hydrogen (secondary N) is 2. The van der Waals surface area contributed by atoms with Crippen LogP contribution in [-0.2, 0) is 0 Å². The standard InChI is InChI=1S/C19H19FN4O2/c20-26-15-7-5-14(6-8-15)21-19(25)24-11-9-13(10-12-24)18-22-16-3-1-2-4-17(16)23-18/h1-8,13H,9-12H2,(H,21,25)(H,22,23). The molecule has 0 atom stereocenters. The molecule has 2 aromatic carbocycles. The summed E-state index contributed by atoms with van der Waals surface area (Å²) in [6, 6.07) is 14.0. The summed E-state index contributed by atoms with van der Waals surface area (Å²) in [5.74, 6) is 1.43. The fourth-order valence-corrected chi connectivity index (χ4v) is 3.31. The molecule has 2 heterocycles. The van der Waals surface area contributed by atoms with E-state index in [4.69, 9.17) is 0 Å². The number of H-pyrrole nitrogens is 1. The average molecular weight is 354 g/mol. The molecule has 0 aliphatic carbocycles. The minimum Gasteiger partial charge on any atom is -0.342 e. The minimum absolute atomic E-state index is 0.106. The van der Waals surface area contributed by atoms with Gasteiger partial charge in [0.15, 0.2) is 5.75 Å². The summed E-state index contributed by atoms with van der Waals surface area (Å²) in [5, 5.41) is 2.82. The first-order chi connectivity index (χ1) is 12.7. The first kappa shape index (κ1) is 16.4. The van der Waals surface area contributed by atoms with E-state index in [0.717, 1.165) is 29.7 Å². The molecule has 0 saturated carbocycles. The molecule has 26 heavy (non-hydrogen) atoms. The lowest BCUT2D eigenvalue weighted by Gasteiger charge is -2.31. The largest absolute Gasteiger partial charge is 0.342 e. The van der Waals surface area contributed by atoms with Gasteiger partial charge >= 0.3 is 6.03 Å². The van der Waals surface area contributed by atoms with E-state index in [2.05, 4.69) is 20.2 Å². The van der Waals surface area contributed by atoms with Crippen LogP contribution in [0.1, 0.15) is 24.6 Å². The van der Waals surface area contributed by atoms with Crippen LogP contribution in [0.25, 0.3) is 11.0 Å². The van der Waals surface area contributed by atoms with Crippen LogP contribution in [0.4, 0.5) is 15.0 Å². The number of aromatic nitrogens is 2. The van der Waals surface area contributed by atoms with Gasteiger partial charge in [-0.25, -0.2) is 9.78 Å². The summed E-state index contributed by atoms with van der Waals surface area (Å²) in [6.45, 7) is 1.33. The van der Waals surface area contributed by atoms with E-state index in [1.165, 1.54) is 12.1 Å². The maximum Gasteiger partial charge on any atom is 0.321 e. The van der Waals surface area contributed by atoms with Crippen LogP contribution in [0.5, 0.6) is 5.75 Å². The highest BCUT2D eigenvalue weighted by Crippen LogP contribution is 2.28. The van der Waals surface area contributed by atoms with E-state index in [1.807, 2.05) is 24.3 Å². The van der Waals surface area contributed by atoms with E-state index >= 15 is 0 Å². The average Bonchev–Trinajstić information content (AvgIpc) is 3.13. The van der Waals surface area contributed by atoms with Crippen LogP contribution >= 0.6 is 0 Å². The molecule has 0 unspecified atom stereocenters. The predicted octanol–water partition coefficient (Wildman–Crippen LogP) is 4.24. The number of nitrogens with zero attached hydrogens (tertiary/aromatic N) is 2. The molecule has 3 aromatic rings. The number of piperidine rings is 1. The van der Waals surface area contributed by atoms with Gasteiger partial charge in [-0.15, -0.1) is 0 Å². The van der Waals surface area contributed by atoms with Gasteiger partial charge in [-0.1, -0.05) is 12.1 Å². The van der Waals surface area contributed by atoms with Crippen LogP contribution in [0.15, 0.2) is 48.5 Å². The summed E-state index contributed by atoms with van der Waals surface area (Å²) >= 11 is 0. The summed E-state index contributed by atoms with van der Waals surface area (Å²) in [5.41, 5.74) is 2.63. The maximum absolute atomic E-state index is 12.4. The van der Waals surface area contributed by atoms with Gasteiger partial charge in [0, 0.05) is 29.2 Å². The molecule has 6 nitrogen and oxygen atoms in total. The van der Waals surface area contributed by atoms with Gasteiger partial charge in [0.2, 0.25) is 0 Å². The third-order valence-electron chi connectivity index (χ3n) is 4.77. The number of rotatable bonds is 3. The number of amides is 2. The second-order valence-corrected chi connectivity index (χ2v) is 6.43. The quantitative estimate of drug-likeness (QED) is 0.739. The lowest BCUT2D eigenvalue weighted by molar-refractivity contribution is -0.00618. The summed E-state index contributed by atoms with van der Waals surface area (Å²) in [4.78, 5) is 25.9. The molecule has 0 spiro atoms. The Hall–Kier alpha value is -3.09. The van der Waals surface area contributed by atoms with E-state index in [9.17, 15) is 9.32 Å². The highest BCUT2D eigenvalue weighted by atomic mass is 19.3. The Morgan fingerprint density at radius 2 is 1.88 bits per heavy atom. The molecule has 1 aliphatic rings. The van der Waals surface area contributed by atoms with Crippen molar-refractivity contribution in [2.75, 3.05) is 18.4 Å². The number of aromatic amines is 1. The van der Waals surface area contributed by atoms with Crippen molar-refractivity contribution in [2.24, 2.45) is 0 Å². The van der Waals surface area contributed by atoms with E-state index < -0.39 is 0 Å². The van der Waals surface area contributed by atoms with Gasteiger partial charge in [0.05, 0.1) is 11.0 Å². The number of carbonyl (C=O) groups is 1. The van der Waals surface area contributed by atoms with Crippen molar-refractivity contribution in [2.45, 2.75) is 18.8 Å². The molecule has 1 aliphatic heterocycles. The van der Waals surface area contributed by atoms with Crippen LogP contribution in [0.3, 0.4) is 0 Å². The first-order valence-electron chi connectivity index (χ1n) is 8.62. The normalized spacial score (nSPS) is 15.2. The molecule has 0 radical (unpaired) electrons. The number of halogens is 1. The number of benzene rings is 2. The number of hydrogen-bond donors (Lipinski definition) is 2. The Morgan fingerprint density at radius 3 is 2.58 bits per heavy atom. The molecular formula is C19H19FN4O2. The second-order valence-electron chi connectivity index (χ2n) is 6.43. The van der Waals surface area contributed by atoms with Gasteiger partial charge in [0.25, 0.3) is 0 Å². The molecular weight excluding hydrogens is 335 g/mol. The van der Waals surface area contributed by atoms with Crippen LogP contribution in [-0.4, -0.2) is 34.0 Å². The minimum atomic E-state index is -0.151. The molecule has 4 rings (SSSR count). The topological polar surface area (TPSA) is 70.2 Å². The third-order valence-corrected chi connectivity index (χ3v) is 4.77. The third kappa shape index (κ3) is 3.33. The van der Waals surface area contributed by atoms with Gasteiger partial charge in [0.1, 0.15) is 5.82 Å². The number of fused-ring (bicyclic) bond motifs is 1. The lowest BCUT2D eigenvalue weighted by Crippen LogP contribution is -2.40. The van der Waals surface area contributed by atoms with Crippen LogP contribution < -0.4 is 10.3 Å². The molecule has 0 bridgehead atoms. The Labute approximate surface area is 149 Å². The Balaban J connectivity index is 1.35. The molecule has 1 aromatic heterocycles. The number of imidazole rings is 1. The molecule has 2 amide bonds. The zero-order chi connectivity index (χ0) is 17.9. The predicted molar refractivity (Wildman–Crippen MR) is 96.8 cm³/mol. The number of carbonyl (C=O) groups excluding carboxylic acids is 1. The maximum atomic E-state index is 12.4. The highest BCUT2D eigenvalue weighted by Gasteiger charge is 2.25. The number of anilines is 1. The van der Waals surface area contributed by atoms with Crippen molar-refractivity contribution in [3.8, 4) is 5.75 Å². The first-order valence-corrected chi connectivity index (χ1v) is 8.62. The zero-order valence-electron chi connectivity index (χ0n) is 14.1. The zero-order valence-corrected chi connectivity index (χ0v) is 14.1. The van der Waals surface area contributed by atoms with Gasteiger partial charge in [-0.3, -0.25) is 4.94 Å². The van der Waals surface area contributed by atoms with Crippen molar-refractivity contribution in [1.29, 1.82) is 0 Å². The Kier molecular flexibility index (Phi) is 4.43. The molecule has 134 valence electrons. The van der Waals surface area contributed by atoms with Crippen LogP contribution in [0.2, 0.25) is 0 Å². The van der Waals surface area contributed by atoms with Gasteiger partial charge in [-0.2, -0.15) is 0 Å². The van der Waals surface area contributed by atoms with Crippen molar-refractivity contribution in [3.63, 3.8) is 0 Å². The molecule has 1 fully saturated rings. The molecule has 7 heteroatoms. The number of urea groups is 1. The monoisotopic (exact) mass is 354 g/mol. The van der Waals surface area contributed by atoms with Crippen molar-refractivity contribution >= 4 is 22.8 Å². The van der Waals surface area contributed by atoms with E-state index in [0.29, 0.717) is 24.7 Å². The molecule has 2 N–H and O–H groups in total. The fraction of sp³-hybridized carbons (Fsp3) is 0.263. The second kappa shape index (κ2) is 7.03. The van der Waals surface area contributed by atoms with Gasteiger partial charge in [-0.05, 0) is 49.2 Å². The summed E-state index contributed by atoms with van der Waals surface area (Å²) in [6.07, 6.45) is 1.73. The van der Waals surface area contributed by atoms with E-state index in [1.54, 1.807) is 17.0 Å². The number of para-hydroxylation sites is 2. The Morgan fingerprint density at radius 1 is 1.15 bits per heavy atom.